The van der Waals surface area contributed by atoms with E-state index in [1.165, 1.54) is 13.1 Å². The van der Waals surface area contributed by atoms with Gasteiger partial charge in [0, 0.05) is 24.5 Å². The third-order valence-electron chi connectivity index (χ3n) is 2.67. The van der Waals surface area contributed by atoms with Crippen molar-refractivity contribution in [3.05, 3.63) is 41.7 Å². The zero-order valence-corrected chi connectivity index (χ0v) is 11.5. The van der Waals surface area contributed by atoms with Gasteiger partial charge in [-0.25, -0.2) is 14.8 Å². The Balaban J connectivity index is 2.13. The summed E-state index contributed by atoms with van der Waals surface area (Å²) in [7, 11) is 0. The molecule has 0 unspecified atom stereocenters. The van der Waals surface area contributed by atoms with E-state index in [9.17, 15) is 9.59 Å². The lowest BCUT2D eigenvalue weighted by Crippen LogP contribution is -2.07. The predicted octanol–water partition coefficient (Wildman–Crippen LogP) is 2.19. The smallest absolute Gasteiger partial charge is 0.339 e. The quantitative estimate of drug-likeness (QED) is 0.795. The molecule has 1 aromatic heterocycles. The number of hydrogen-bond donors (Lipinski definition) is 3. The van der Waals surface area contributed by atoms with Gasteiger partial charge in [0.1, 0.15) is 0 Å². The number of aromatic nitrogens is 2. The normalized spacial score (nSPS) is 10.0. The number of nitrogens with one attached hydrogen (secondary N) is 2. The van der Waals surface area contributed by atoms with Gasteiger partial charge in [0.25, 0.3) is 0 Å². The first-order valence-electron chi connectivity index (χ1n) is 6.17. The van der Waals surface area contributed by atoms with Crippen LogP contribution in [-0.4, -0.2) is 27.0 Å². The first-order chi connectivity index (χ1) is 9.95. The van der Waals surface area contributed by atoms with E-state index in [0.29, 0.717) is 17.3 Å². The molecule has 0 atom stereocenters. The molecule has 0 radical (unpaired) electrons. The molecule has 2 rings (SSSR count). The highest BCUT2D eigenvalue weighted by Crippen LogP contribution is 2.17. The number of benzene rings is 1. The molecule has 0 saturated carbocycles. The molecule has 0 bridgehead atoms. The van der Waals surface area contributed by atoms with Crippen LogP contribution in [0.25, 0.3) is 0 Å². The van der Waals surface area contributed by atoms with Gasteiger partial charge in [0.15, 0.2) is 0 Å². The van der Waals surface area contributed by atoms with Gasteiger partial charge in [-0.1, -0.05) is 0 Å². The monoisotopic (exact) mass is 286 g/mol. The van der Waals surface area contributed by atoms with Gasteiger partial charge in [-0.3, -0.25) is 4.79 Å². The molecule has 1 heterocycles. The van der Waals surface area contributed by atoms with Crippen molar-refractivity contribution >= 4 is 29.2 Å². The SMILES string of the molecule is CC(=O)Nc1ccc(Nc2ncc(C(=O)O)c(C)n2)cc1. The maximum Gasteiger partial charge on any atom is 0.339 e. The second kappa shape index (κ2) is 6.00. The van der Waals surface area contributed by atoms with Crippen molar-refractivity contribution in [2.75, 3.05) is 10.6 Å². The predicted molar refractivity (Wildman–Crippen MR) is 77.8 cm³/mol. The third-order valence-corrected chi connectivity index (χ3v) is 2.67. The fraction of sp³-hybridized carbons (Fsp3) is 0.143. The summed E-state index contributed by atoms with van der Waals surface area (Å²) in [6.45, 7) is 3.04. The van der Waals surface area contributed by atoms with Gasteiger partial charge in [0.2, 0.25) is 11.9 Å². The van der Waals surface area contributed by atoms with E-state index in [1.54, 1.807) is 31.2 Å². The average molecular weight is 286 g/mol. The van der Waals surface area contributed by atoms with Crippen molar-refractivity contribution in [3.63, 3.8) is 0 Å². The van der Waals surface area contributed by atoms with Gasteiger partial charge in [-0.05, 0) is 31.2 Å². The molecule has 3 N–H and O–H groups in total. The lowest BCUT2D eigenvalue weighted by Gasteiger charge is -2.08. The number of aryl methyl sites for hydroxylation is 1. The zero-order chi connectivity index (χ0) is 15.4. The topological polar surface area (TPSA) is 104 Å². The first kappa shape index (κ1) is 14.4. The van der Waals surface area contributed by atoms with E-state index < -0.39 is 5.97 Å². The molecule has 0 spiro atoms. The lowest BCUT2D eigenvalue weighted by atomic mass is 10.2. The summed E-state index contributed by atoms with van der Waals surface area (Å²) in [6, 6.07) is 6.99. The fourth-order valence-corrected chi connectivity index (χ4v) is 1.71. The minimum absolute atomic E-state index is 0.0709. The summed E-state index contributed by atoms with van der Waals surface area (Å²) < 4.78 is 0. The van der Waals surface area contributed by atoms with Crippen molar-refractivity contribution < 1.29 is 14.7 Å². The number of hydrogen-bond acceptors (Lipinski definition) is 5. The van der Waals surface area contributed by atoms with Crippen molar-refractivity contribution in [1.82, 2.24) is 9.97 Å². The number of carboxylic acid groups (broad SMARTS) is 1. The molecule has 1 aromatic carbocycles. The molecule has 0 saturated heterocycles. The number of carbonyl (C=O) groups excluding carboxylic acids is 1. The fourth-order valence-electron chi connectivity index (χ4n) is 1.71. The molecule has 21 heavy (non-hydrogen) atoms. The van der Waals surface area contributed by atoms with Gasteiger partial charge in [0.05, 0.1) is 11.3 Å². The van der Waals surface area contributed by atoms with Crippen molar-refractivity contribution in [3.8, 4) is 0 Å². The average Bonchev–Trinajstić information content (AvgIpc) is 2.40. The van der Waals surface area contributed by atoms with Gasteiger partial charge in [-0.15, -0.1) is 0 Å². The van der Waals surface area contributed by atoms with Crippen LogP contribution in [-0.2, 0) is 4.79 Å². The van der Waals surface area contributed by atoms with Gasteiger partial charge >= 0.3 is 5.97 Å². The summed E-state index contributed by atoms with van der Waals surface area (Å²) in [5.41, 5.74) is 1.87. The van der Waals surface area contributed by atoms with Gasteiger partial charge in [-0.2, -0.15) is 0 Å². The number of rotatable bonds is 4. The van der Waals surface area contributed by atoms with Crippen LogP contribution in [0.3, 0.4) is 0 Å². The van der Waals surface area contributed by atoms with Crippen LogP contribution in [0.1, 0.15) is 23.0 Å². The Hall–Kier alpha value is -2.96. The number of anilines is 3. The van der Waals surface area contributed by atoms with Crippen molar-refractivity contribution in [2.45, 2.75) is 13.8 Å². The van der Waals surface area contributed by atoms with E-state index in [1.807, 2.05) is 0 Å². The van der Waals surface area contributed by atoms with Crippen molar-refractivity contribution in [1.29, 1.82) is 0 Å². The molecular formula is C14H14N4O3. The molecule has 0 fully saturated rings. The van der Waals surface area contributed by atoms with Crippen LogP contribution in [0, 0.1) is 6.92 Å². The molecule has 0 aliphatic rings. The lowest BCUT2D eigenvalue weighted by molar-refractivity contribution is -0.114. The second-order valence-electron chi connectivity index (χ2n) is 4.38. The van der Waals surface area contributed by atoms with Crippen LogP contribution < -0.4 is 10.6 Å². The highest BCUT2D eigenvalue weighted by molar-refractivity contribution is 5.89. The van der Waals surface area contributed by atoms with Crippen LogP contribution in [0.4, 0.5) is 17.3 Å². The summed E-state index contributed by atoms with van der Waals surface area (Å²) in [5, 5.41) is 14.5. The summed E-state index contributed by atoms with van der Waals surface area (Å²) in [4.78, 5) is 29.8. The van der Waals surface area contributed by atoms with Crippen LogP contribution in [0.5, 0.6) is 0 Å². The minimum atomic E-state index is -1.06. The number of carbonyl (C=O) groups is 2. The maximum absolute atomic E-state index is 10.9. The third kappa shape index (κ3) is 3.75. The Labute approximate surface area is 121 Å². The largest absolute Gasteiger partial charge is 0.478 e. The number of aromatic carboxylic acids is 1. The summed E-state index contributed by atoms with van der Waals surface area (Å²) in [5.74, 6) is -0.887. The van der Waals surface area contributed by atoms with Crippen LogP contribution in [0.2, 0.25) is 0 Å². The molecular weight excluding hydrogens is 272 g/mol. The molecule has 0 aliphatic carbocycles. The molecule has 7 heteroatoms. The van der Waals surface area contributed by atoms with E-state index in [2.05, 4.69) is 20.6 Å². The van der Waals surface area contributed by atoms with Gasteiger partial charge < -0.3 is 15.7 Å². The Morgan fingerprint density at radius 3 is 2.29 bits per heavy atom. The zero-order valence-electron chi connectivity index (χ0n) is 11.5. The highest BCUT2D eigenvalue weighted by atomic mass is 16.4. The number of carboxylic acids is 1. The molecule has 1 amide bonds. The molecule has 108 valence electrons. The first-order valence-corrected chi connectivity index (χ1v) is 6.17. The number of nitrogens with zero attached hydrogens (tertiary/aromatic N) is 2. The highest BCUT2D eigenvalue weighted by Gasteiger charge is 2.09. The van der Waals surface area contributed by atoms with E-state index in [4.69, 9.17) is 5.11 Å². The summed E-state index contributed by atoms with van der Waals surface area (Å²) in [6.07, 6.45) is 1.26. The maximum atomic E-state index is 10.9. The second-order valence-corrected chi connectivity index (χ2v) is 4.38. The molecule has 0 aliphatic heterocycles. The standard InChI is InChI=1S/C14H14N4O3/c1-8-12(13(20)21)7-15-14(16-8)18-11-5-3-10(4-6-11)17-9(2)19/h3-7H,1-2H3,(H,17,19)(H,20,21)(H,15,16,18). The van der Waals surface area contributed by atoms with Crippen LogP contribution in [0.15, 0.2) is 30.5 Å². The number of amides is 1. The Bertz CT molecular complexity index is 683. The Morgan fingerprint density at radius 1 is 1.14 bits per heavy atom. The minimum Gasteiger partial charge on any atom is -0.478 e. The van der Waals surface area contributed by atoms with Crippen molar-refractivity contribution in [2.24, 2.45) is 0 Å². The van der Waals surface area contributed by atoms with E-state index in [-0.39, 0.29) is 11.5 Å². The summed E-state index contributed by atoms with van der Waals surface area (Å²) >= 11 is 0. The van der Waals surface area contributed by atoms with E-state index >= 15 is 0 Å². The Kier molecular flexibility index (Phi) is 4.13. The Morgan fingerprint density at radius 2 is 1.76 bits per heavy atom. The van der Waals surface area contributed by atoms with Crippen LogP contribution >= 0.6 is 0 Å². The molecule has 2 aromatic rings. The van der Waals surface area contributed by atoms with E-state index in [0.717, 1.165) is 5.69 Å². The molecule has 7 nitrogen and oxygen atoms in total.